The summed E-state index contributed by atoms with van der Waals surface area (Å²) in [7, 11) is 1.63. The van der Waals surface area contributed by atoms with E-state index < -0.39 is 0 Å². The van der Waals surface area contributed by atoms with Crippen LogP contribution in [0.25, 0.3) is 22.2 Å². The van der Waals surface area contributed by atoms with Crippen molar-refractivity contribution in [3.63, 3.8) is 0 Å². The molecule has 4 aromatic rings. The number of carbonyl (C=O) groups is 1. The van der Waals surface area contributed by atoms with E-state index in [0.29, 0.717) is 24.3 Å². The van der Waals surface area contributed by atoms with Crippen molar-refractivity contribution in [2.24, 2.45) is 5.10 Å². The average molecular weight is 408 g/mol. The Morgan fingerprint density at radius 2 is 1.71 bits per heavy atom. The number of rotatable bonds is 4. The summed E-state index contributed by atoms with van der Waals surface area (Å²) in [5.41, 5.74) is 4.18. The Balaban J connectivity index is 1.69. The van der Waals surface area contributed by atoms with E-state index in [4.69, 9.17) is 14.8 Å². The van der Waals surface area contributed by atoms with Crippen LogP contribution >= 0.6 is 0 Å². The number of fused-ring (bicyclic) bond motifs is 1. The Labute approximate surface area is 179 Å². The predicted octanol–water partition coefficient (Wildman–Crippen LogP) is 4.84. The van der Waals surface area contributed by atoms with Gasteiger partial charge in [0.25, 0.3) is 0 Å². The highest BCUT2D eigenvalue weighted by molar-refractivity contribution is 6.09. The average Bonchev–Trinajstić information content (AvgIpc) is 2.84. The van der Waals surface area contributed by atoms with Crippen molar-refractivity contribution in [2.75, 3.05) is 12.1 Å². The molecule has 0 unspecified atom stereocenters. The maximum absolute atomic E-state index is 12.9. The number of amides is 1. The Morgan fingerprint density at radius 3 is 2.48 bits per heavy atom. The van der Waals surface area contributed by atoms with E-state index in [-0.39, 0.29) is 5.91 Å². The molecule has 31 heavy (non-hydrogen) atoms. The molecular formula is C25H20N4O2. The standard InChI is InChI=1S/C25H20N4O2/c1-31-20-11-9-17(10-12-20)21-16-19-8-5-15-26-24(19)27-25(21)29-23(30)14-13-22(28-29)18-6-3-2-4-7-18/h2-12,15-16H,13-14H2,1H3. The molecule has 0 aliphatic carbocycles. The number of methoxy groups -OCH3 is 1. The molecule has 1 aliphatic rings. The first kappa shape index (κ1) is 18.9. The van der Waals surface area contributed by atoms with Gasteiger partial charge in [-0.15, -0.1) is 0 Å². The molecule has 152 valence electrons. The first-order valence-corrected chi connectivity index (χ1v) is 10.1. The number of hydrogen-bond donors (Lipinski definition) is 0. The van der Waals surface area contributed by atoms with Gasteiger partial charge < -0.3 is 4.74 Å². The molecule has 0 bridgehead atoms. The number of pyridine rings is 2. The van der Waals surface area contributed by atoms with Gasteiger partial charge in [-0.05, 0) is 41.5 Å². The number of carbonyl (C=O) groups excluding carboxylic acids is 1. The van der Waals surface area contributed by atoms with Crippen molar-refractivity contribution in [1.82, 2.24) is 9.97 Å². The van der Waals surface area contributed by atoms with E-state index in [2.05, 4.69) is 4.98 Å². The third kappa shape index (κ3) is 3.64. The number of hydrazone groups is 1. The maximum atomic E-state index is 12.9. The fraction of sp³-hybridized carbons (Fsp3) is 0.120. The molecule has 1 aliphatic heterocycles. The fourth-order valence-corrected chi connectivity index (χ4v) is 3.70. The van der Waals surface area contributed by atoms with E-state index >= 15 is 0 Å². The smallest absolute Gasteiger partial charge is 0.249 e. The maximum Gasteiger partial charge on any atom is 0.249 e. The molecule has 0 N–H and O–H groups in total. The summed E-state index contributed by atoms with van der Waals surface area (Å²) in [5, 5.41) is 7.04. The van der Waals surface area contributed by atoms with Gasteiger partial charge in [0.1, 0.15) is 5.75 Å². The van der Waals surface area contributed by atoms with Crippen molar-refractivity contribution in [3.8, 4) is 16.9 Å². The van der Waals surface area contributed by atoms with Crippen LogP contribution in [0.4, 0.5) is 5.82 Å². The van der Waals surface area contributed by atoms with Crippen LogP contribution in [0.2, 0.25) is 0 Å². The number of benzene rings is 2. The zero-order valence-electron chi connectivity index (χ0n) is 17.0. The number of hydrogen-bond acceptors (Lipinski definition) is 5. The molecule has 0 atom stereocenters. The summed E-state index contributed by atoms with van der Waals surface area (Å²) in [6.45, 7) is 0. The molecular weight excluding hydrogens is 388 g/mol. The number of aromatic nitrogens is 2. The second-order valence-electron chi connectivity index (χ2n) is 7.26. The first-order valence-electron chi connectivity index (χ1n) is 10.1. The van der Waals surface area contributed by atoms with E-state index in [9.17, 15) is 4.79 Å². The Bertz CT molecular complexity index is 1280. The number of ether oxygens (including phenoxy) is 1. The summed E-state index contributed by atoms with van der Waals surface area (Å²) in [6.07, 6.45) is 2.67. The second kappa shape index (κ2) is 7.99. The first-order chi connectivity index (χ1) is 15.2. The molecule has 0 spiro atoms. The monoisotopic (exact) mass is 408 g/mol. The fourth-order valence-electron chi connectivity index (χ4n) is 3.70. The van der Waals surface area contributed by atoms with E-state index in [1.807, 2.05) is 72.8 Å². The molecule has 6 heteroatoms. The Hall–Kier alpha value is -4.06. The lowest BCUT2D eigenvalue weighted by Crippen LogP contribution is -2.33. The highest BCUT2D eigenvalue weighted by Gasteiger charge is 2.27. The van der Waals surface area contributed by atoms with Gasteiger partial charge in [0.15, 0.2) is 11.5 Å². The molecule has 0 fully saturated rings. The van der Waals surface area contributed by atoms with Crippen molar-refractivity contribution in [1.29, 1.82) is 0 Å². The molecule has 0 radical (unpaired) electrons. The summed E-state index contributed by atoms with van der Waals surface area (Å²) in [5.74, 6) is 1.16. The van der Waals surface area contributed by atoms with Crippen LogP contribution in [0.1, 0.15) is 18.4 Å². The van der Waals surface area contributed by atoms with Crippen molar-refractivity contribution >= 4 is 28.5 Å². The van der Waals surface area contributed by atoms with Crippen molar-refractivity contribution in [3.05, 3.63) is 84.6 Å². The minimum atomic E-state index is -0.0859. The molecule has 2 aromatic heterocycles. The highest BCUT2D eigenvalue weighted by atomic mass is 16.5. The SMILES string of the molecule is COc1ccc(-c2cc3cccnc3nc2N2N=C(c3ccccc3)CCC2=O)cc1. The summed E-state index contributed by atoms with van der Waals surface area (Å²) < 4.78 is 5.29. The van der Waals surface area contributed by atoms with Crippen LogP contribution in [0.15, 0.2) is 84.1 Å². The summed E-state index contributed by atoms with van der Waals surface area (Å²) in [6, 6.07) is 23.5. The third-order valence-corrected chi connectivity index (χ3v) is 5.31. The van der Waals surface area contributed by atoms with Gasteiger partial charge in [0.2, 0.25) is 5.91 Å². The van der Waals surface area contributed by atoms with Gasteiger partial charge in [0.05, 0.1) is 12.8 Å². The Kier molecular flexibility index (Phi) is 4.88. The molecule has 5 rings (SSSR count). The van der Waals surface area contributed by atoms with Crippen LogP contribution in [-0.4, -0.2) is 28.7 Å². The topological polar surface area (TPSA) is 67.7 Å². The van der Waals surface area contributed by atoms with Crippen LogP contribution in [0, 0.1) is 0 Å². The lowest BCUT2D eigenvalue weighted by Gasteiger charge is -2.25. The van der Waals surface area contributed by atoms with Gasteiger partial charge in [-0.3, -0.25) is 4.79 Å². The largest absolute Gasteiger partial charge is 0.497 e. The highest BCUT2D eigenvalue weighted by Crippen LogP contribution is 2.34. The normalized spacial score (nSPS) is 13.9. The predicted molar refractivity (Wildman–Crippen MR) is 121 cm³/mol. The minimum Gasteiger partial charge on any atom is -0.497 e. The van der Waals surface area contributed by atoms with Crippen LogP contribution in [-0.2, 0) is 4.79 Å². The van der Waals surface area contributed by atoms with Gasteiger partial charge in [-0.25, -0.2) is 9.97 Å². The van der Waals surface area contributed by atoms with Crippen LogP contribution in [0.3, 0.4) is 0 Å². The van der Waals surface area contributed by atoms with Crippen LogP contribution < -0.4 is 9.75 Å². The number of nitrogens with zero attached hydrogens (tertiary/aromatic N) is 4. The zero-order chi connectivity index (χ0) is 21.2. The van der Waals surface area contributed by atoms with E-state index in [1.165, 1.54) is 5.01 Å². The minimum absolute atomic E-state index is 0.0859. The molecule has 6 nitrogen and oxygen atoms in total. The molecule has 0 saturated heterocycles. The van der Waals surface area contributed by atoms with E-state index in [0.717, 1.165) is 33.5 Å². The Morgan fingerprint density at radius 1 is 0.903 bits per heavy atom. The third-order valence-electron chi connectivity index (χ3n) is 5.31. The second-order valence-corrected chi connectivity index (χ2v) is 7.26. The lowest BCUT2D eigenvalue weighted by atomic mass is 10.0. The van der Waals surface area contributed by atoms with Crippen molar-refractivity contribution < 1.29 is 9.53 Å². The van der Waals surface area contributed by atoms with Crippen LogP contribution in [0.5, 0.6) is 5.75 Å². The molecule has 2 aromatic carbocycles. The van der Waals surface area contributed by atoms with E-state index in [1.54, 1.807) is 13.3 Å². The molecule has 3 heterocycles. The van der Waals surface area contributed by atoms with Gasteiger partial charge in [-0.1, -0.05) is 42.5 Å². The lowest BCUT2D eigenvalue weighted by molar-refractivity contribution is -0.118. The van der Waals surface area contributed by atoms with Gasteiger partial charge in [0, 0.05) is 30.0 Å². The number of anilines is 1. The quantitative estimate of drug-likeness (QED) is 0.485. The summed E-state index contributed by atoms with van der Waals surface area (Å²) in [4.78, 5) is 22.1. The zero-order valence-corrected chi connectivity index (χ0v) is 17.0. The van der Waals surface area contributed by atoms with Gasteiger partial charge in [-0.2, -0.15) is 10.1 Å². The van der Waals surface area contributed by atoms with Crippen molar-refractivity contribution in [2.45, 2.75) is 12.8 Å². The molecule has 1 amide bonds. The molecule has 0 saturated carbocycles. The van der Waals surface area contributed by atoms with Gasteiger partial charge >= 0.3 is 0 Å². The summed E-state index contributed by atoms with van der Waals surface area (Å²) >= 11 is 0.